The van der Waals surface area contributed by atoms with Gasteiger partial charge in [0, 0.05) is 6.54 Å². The third-order valence-corrected chi connectivity index (χ3v) is 4.34. The van der Waals surface area contributed by atoms with Gasteiger partial charge in [-0.1, -0.05) is 6.92 Å². The van der Waals surface area contributed by atoms with Crippen LogP contribution in [-0.2, 0) is 0 Å². The molecule has 0 atom stereocenters. The Kier molecular flexibility index (Phi) is 7.87. The summed E-state index contributed by atoms with van der Waals surface area (Å²) in [4.78, 5) is 4.91. The van der Waals surface area contributed by atoms with Crippen molar-refractivity contribution in [2.24, 2.45) is 17.6 Å². The number of nitrogens with two attached hydrogens (primary N) is 1. The summed E-state index contributed by atoms with van der Waals surface area (Å²) in [6.07, 6.45) is 6.80. The van der Waals surface area contributed by atoms with E-state index in [1.54, 1.807) is 0 Å². The van der Waals surface area contributed by atoms with Crippen LogP contribution >= 0.6 is 0 Å². The van der Waals surface area contributed by atoms with E-state index in [4.69, 9.17) is 5.73 Å². The van der Waals surface area contributed by atoms with Crippen LogP contribution in [0.2, 0.25) is 0 Å². The minimum atomic E-state index is 0.810. The van der Waals surface area contributed by atoms with Crippen molar-refractivity contribution < 1.29 is 0 Å². The monoisotopic (exact) mass is 255 g/mol. The molecule has 108 valence electrons. The summed E-state index contributed by atoms with van der Waals surface area (Å²) in [7, 11) is 4.31. The van der Waals surface area contributed by atoms with E-state index in [1.807, 2.05) is 0 Å². The highest BCUT2D eigenvalue weighted by Crippen LogP contribution is 2.28. The zero-order chi connectivity index (χ0) is 13.4. The molecule has 1 aliphatic rings. The number of rotatable bonds is 8. The van der Waals surface area contributed by atoms with Gasteiger partial charge in [-0.3, -0.25) is 0 Å². The second-order valence-electron chi connectivity index (χ2n) is 6.17. The first-order valence-electron chi connectivity index (χ1n) is 7.72. The van der Waals surface area contributed by atoms with E-state index in [9.17, 15) is 0 Å². The lowest BCUT2D eigenvalue weighted by Gasteiger charge is -2.32. The molecule has 0 aromatic heterocycles. The second-order valence-corrected chi connectivity index (χ2v) is 6.17. The van der Waals surface area contributed by atoms with Gasteiger partial charge in [-0.15, -0.1) is 0 Å². The summed E-state index contributed by atoms with van der Waals surface area (Å²) >= 11 is 0. The molecule has 0 spiro atoms. The molecule has 0 unspecified atom stereocenters. The maximum atomic E-state index is 5.76. The molecular formula is C15H33N3. The van der Waals surface area contributed by atoms with Gasteiger partial charge in [-0.2, -0.15) is 0 Å². The lowest BCUT2D eigenvalue weighted by Crippen LogP contribution is -2.34. The number of nitrogens with zero attached hydrogens (tertiary/aromatic N) is 2. The maximum Gasteiger partial charge on any atom is 0.000955 e. The van der Waals surface area contributed by atoms with Crippen LogP contribution in [-0.4, -0.2) is 56.6 Å². The normalized spacial score (nSPS) is 25.0. The lowest BCUT2D eigenvalue weighted by molar-refractivity contribution is 0.182. The first-order valence-corrected chi connectivity index (χ1v) is 7.72. The Morgan fingerprint density at radius 2 is 1.61 bits per heavy atom. The minimum absolute atomic E-state index is 0.810. The van der Waals surface area contributed by atoms with E-state index in [1.165, 1.54) is 58.3 Å². The molecule has 0 aromatic carbocycles. The molecule has 3 heteroatoms. The average molecular weight is 255 g/mol. The fourth-order valence-corrected chi connectivity index (χ4v) is 3.00. The quantitative estimate of drug-likeness (QED) is 0.720. The minimum Gasteiger partial charge on any atom is -0.330 e. The summed E-state index contributed by atoms with van der Waals surface area (Å²) < 4.78 is 0. The average Bonchev–Trinajstić information content (AvgIpc) is 2.38. The first-order chi connectivity index (χ1) is 8.65. The third-order valence-electron chi connectivity index (χ3n) is 4.34. The molecule has 0 aliphatic heterocycles. The van der Waals surface area contributed by atoms with Crippen LogP contribution < -0.4 is 5.73 Å². The molecule has 1 rings (SSSR count). The van der Waals surface area contributed by atoms with Crippen molar-refractivity contribution in [3.63, 3.8) is 0 Å². The number of hydrogen-bond donors (Lipinski definition) is 1. The van der Waals surface area contributed by atoms with Crippen LogP contribution in [0, 0.1) is 11.8 Å². The molecule has 1 aliphatic carbocycles. The summed E-state index contributed by atoms with van der Waals surface area (Å²) in [5.74, 6) is 1.73. The Bertz CT molecular complexity index is 198. The molecule has 18 heavy (non-hydrogen) atoms. The van der Waals surface area contributed by atoms with E-state index >= 15 is 0 Å². The van der Waals surface area contributed by atoms with Gasteiger partial charge in [0.25, 0.3) is 0 Å². The Morgan fingerprint density at radius 1 is 1.00 bits per heavy atom. The van der Waals surface area contributed by atoms with E-state index in [-0.39, 0.29) is 0 Å². The van der Waals surface area contributed by atoms with Gasteiger partial charge in [0.1, 0.15) is 0 Å². The van der Waals surface area contributed by atoms with Crippen molar-refractivity contribution >= 4 is 0 Å². The molecule has 0 heterocycles. The third kappa shape index (κ3) is 6.17. The predicted molar refractivity (Wildman–Crippen MR) is 79.8 cm³/mol. The highest BCUT2D eigenvalue weighted by Gasteiger charge is 2.21. The SMILES string of the molecule is CCN(CCCN(C)C)CC1CCC(CN)CC1. The van der Waals surface area contributed by atoms with Gasteiger partial charge in [-0.25, -0.2) is 0 Å². The smallest absolute Gasteiger partial charge is 0.000955 e. The molecule has 2 N–H and O–H groups in total. The molecule has 0 radical (unpaired) electrons. The Balaban J connectivity index is 2.18. The van der Waals surface area contributed by atoms with Crippen LogP contribution in [0.3, 0.4) is 0 Å². The molecule has 0 aromatic rings. The van der Waals surface area contributed by atoms with Crippen molar-refractivity contribution in [2.75, 3.05) is 46.8 Å². The standard InChI is InChI=1S/C15H33N3/c1-4-18(11-5-10-17(2)3)13-15-8-6-14(12-16)7-9-15/h14-15H,4-13,16H2,1-3H3. The van der Waals surface area contributed by atoms with Crippen LogP contribution in [0.5, 0.6) is 0 Å². The Labute approximate surface area is 114 Å². The zero-order valence-corrected chi connectivity index (χ0v) is 12.7. The van der Waals surface area contributed by atoms with Gasteiger partial charge in [-0.05, 0) is 84.2 Å². The van der Waals surface area contributed by atoms with Gasteiger partial charge < -0.3 is 15.5 Å². The highest BCUT2D eigenvalue weighted by molar-refractivity contribution is 4.75. The van der Waals surface area contributed by atoms with Crippen molar-refractivity contribution in [1.29, 1.82) is 0 Å². The summed E-state index contributed by atoms with van der Waals surface area (Å²) in [6.45, 7) is 8.15. The fourth-order valence-electron chi connectivity index (χ4n) is 3.00. The predicted octanol–water partition coefficient (Wildman–Crippen LogP) is 2.03. The summed E-state index contributed by atoms with van der Waals surface area (Å²) in [5, 5.41) is 0. The van der Waals surface area contributed by atoms with Crippen molar-refractivity contribution in [3.8, 4) is 0 Å². The molecule has 1 fully saturated rings. The van der Waals surface area contributed by atoms with Crippen LogP contribution in [0.25, 0.3) is 0 Å². The van der Waals surface area contributed by atoms with Gasteiger partial charge in [0.05, 0.1) is 0 Å². The summed E-state index contributed by atoms with van der Waals surface area (Å²) in [5.41, 5.74) is 5.76. The van der Waals surface area contributed by atoms with Crippen LogP contribution in [0.15, 0.2) is 0 Å². The van der Waals surface area contributed by atoms with E-state index in [0.717, 1.165) is 18.4 Å². The molecule has 0 saturated heterocycles. The number of hydrogen-bond acceptors (Lipinski definition) is 3. The second kappa shape index (κ2) is 8.89. The Morgan fingerprint density at radius 3 is 2.11 bits per heavy atom. The largest absolute Gasteiger partial charge is 0.330 e. The van der Waals surface area contributed by atoms with Gasteiger partial charge in [0.15, 0.2) is 0 Å². The topological polar surface area (TPSA) is 32.5 Å². The molecule has 1 saturated carbocycles. The van der Waals surface area contributed by atoms with E-state index in [0.29, 0.717) is 0 Å². The zero-order valence-electron chi connectivity index (χ0n) is 12.7. The Hall–Kier alpha value is -0.120. The van der Waals surface area contributed by atoms with Crippen molar-refractivity contribution in [1.82, 2.24) is 9.80 Å². The molecule has 3 nitrogen and oxygen atoms in total. The summed E-state index contributed by atoms with van der Waals surface area (Å²) in [6, 6.07) is 0. The molecule has 0 bridgehead atoms. The lowest BCUT2D eigenvalue weighted by atomic mass is 9.82. The maximum absolute atomic E-state index is 5.76. The highest BCUT2D eigenvalue weighted by atomic mass is 15.1. The van der Waals surface area contributed by atoms with E-state index < -0.39 is 0 Å². The van der Waals surface area contributed by atoms with E-state index in [2.05, 4.69) is 30.8 Å². The van der Waals surface area contributed by atoms with Crippen LogP contribution in [0.4, 0.5) is 0 Å². The van der Waals surface area contributed by atoms with Gasteiger partial charge >= 0.3 is 0 Å². The van der Waals surface area contributed by atoms with Crippen molar-refractivity contribution in [3.05, 3.63) is 0 Å². The van der Waals surface area contributed by atoms with Gasteiger partial charge in [0.2, 0.25) is 0 Å². The molecule has 0 amide bonds. The molecular weight excluding hydrogens is 222 g/mol. The van der Waals surface area contributed by atoms with Crippen molar-refractivity contribution in [2.45, 2.75) is 39.0 Å². The van der Waals surface area contributed by atoms with Crippen LogP contribution in [0.1, 0.15) is 39.0 Å². The fraction of sp³-hybridized carbons (Fsp3) is 1.00. The first kappa shape index (κ1) is 15.9.